The van der Waals surface area contributed by atoms with Gasteiger partial charge < -0.3 is 4.79 Å². The molecule has 0 aromatic carbocycles. The predicted octanol–water partition coefficient (Wildman–Crippen LogP) is -0.422. The normalized spacial score (nSPS) is 2.40. The zero-order chi connectivity index (χ0) is 4.71. The fraction of sp³-hybridized carbons (Fsp3) is 0. The number of hydrogen-bond donors (Lipinski definition) is 0. The van der Waals surface area contributed by atoms with Crippen molar-refractivity contribution >= 4 is 6.79 Å². The molecule has 0 N–H and O–H groups in total. The van der Waals surface area contributed by atoms with Crippen molar-refractivity contribution in [2.24, 2.45) is 0 Å². The van der Waals surface area contributed by atoms with Crippen molar-refractivity contribution in [3.05, 3.63) is 0 Å². The van der Waals surface area contributed by atoms with E-state index in [0.29, 0.717) is 0 Å². The molecular formula is CH2CeO3. The van der Waals surface area contributed by atoms with Crippen molar-refractivity contribution in [2.75, 3.05) is 0 Å². The first-order valence-electron chi connectivity index (χ1n) is 0.697. The van der Waals surface area contributed by atoms with Crippen molar-refractivity contribution in [3.8, 4) is 0 Å². The molecule has 3 nitrogen and oxygen atoms in total. The quantitative estimate of drug-likeness (QED) is 0.536. The Morgan fingerprint density at radius 3 is 1.20 bits per heavy atom. The zero-order valence-electron chi connectivity index (χ0n) is 2.43. The minimum absolute atomic E-state index is 2.00. The van der Waals surface area contributed by atoms with Crippen LogP contribution in [-0.4, -0.2) is 6.79 Å². The standard InChI is InChI=1S/CH2O.Ce.2O/c1-2;;;/h1H2;;;. The third-order valence-corrected chi connectivity index (χ3v) is 0. The maximum atomic E-state index is 8.57. The maximum absolute atomic E-state index is 8.57. The SMILES string of the molecule is C=O.[O]=[Ce]=[O]. The van der Waals surface area contributed by atoms with Crippen molar-refractivity contribution in [2.45, 2.75) is 0 Å². The van der Waals surface area contributed by atoms with Crippen LogP contribution in [0.2, 0.25) is 0 Å². The summed E-state index contributed by atoms with van der Waals surface area (Å²) in [5, 5.41) is 0. The fourth-order valence-electron chi connectivity index (χ4n) is 0. The molecule has 0 spiro atoms. The Hall–Kier alpha value is 0.647. The van der Waals surface area contributed by atoms with E-state index in [1.165, 1.54) is 0 Å². The summed E-state index contributed by atoms with van der Waals surface area (Å²) in [4.78, 5) is 8.00. The van der Waals surface area contributed by atoms with Gasteiger partial charge in [-0.2, -0.15) is 0 Å². The predicted molar refractivity (Wildman–Crippen MR) is 8.49 cm³/mol. The van der Waals surface area contributed by atoms with Crippen LogP contribution >= 0.6 is 0 Å². The molecule has 28 valence electrons. The van der Waals surface area contributed by atoms with Crippen LogP contribution in [0.1, 0.15) is 0 Å². The molecule has 5 heavy (non-hydrogen) atoms. The Kier molecular flexibility index (Phi) is 41.8. The minimum atomic E-state index is -2.42. The Labute approximate surface area is 50.7 Å². The van der Waals surface area contributed by atoms with Gasteiger partial charge in [0, 0.05) is 0 Å². The molecule has 0 radical (unpaired) electrons. The molecule has 0 aromatic heterocycles. The van der Waals surface area contributed by atoms with Gasteiger partial charge in [-0.05, 0) is 0 Å². The van der Waals surface area contributed by atoms with Crippen molar-refractivity contribution in [1.29, 1.82) is 0 Å². The molecule has 0 amide bonds. The third-order valence-electron chi connectivity index (χ3n) is 0. The first-order chi connectivity index (χ1) is 2.41. The molecule has 0 saturated heterocycles. The van der Waals surface area contributed by atoms with Gasteiger partial charge in [-0.15, -0.1) is 0 Å². The van der Waals surface area contributed by atoms with E-state index in [-0.39, 0.29) is 0 Å². The van der Waals surface area contributed by atoms with Gasteiger partial charge in [0.2, 0.25) is 0 Å². The molecule has 0 heterocycles. The van der Waals surface area contributed by atoms with E-state index >= 15 is 0 Å². The molecule has 0 aliphatic rings. The number of hydrogen-bond acceptors (Lipinski definition) is 3. The van der Waals surface area contributed by atoms with Gasteiger partial charge in [0.25, 0.3) is 0 Å². The third kappa shape index (κ3) is 77.8. The summed E-state index contributed by atoms with van der Waals surface area (Å²) in [5.41, 5.74) is 0. The summed E-state index contributed by atoms with van der Waals surface area (Å²) in [6.07, 6.45) is 0. The van der Waals surface area contributed by atoms with Crippen LogP contribution in [0, 0.1) is 37.8 Å². The molecule has 4 heteroatoms. The van der Waals surface area contributed by atoms with Gasteiger partial charge in [-0.1, -0.05) is 0 Å². The van der Waals surface area contributed by atoms with E-state index in [2.05, 4.69) is 0 Å². The summed E-state index contributed by atoms with van der Waals surface area (Å²) >= 11 is -2.42. The van der Waals surface area contributed by atoms with Gasteiger partial charge in [0.1, 0.15) is 6.79 Å². The van der Waals surface area contributed by atoms with Crippen LogP contribution in [0.3, 0.4) is 0 Å². The summed E-state index contributed by atoms with van der Waals surface area (Å²) in [5.74, 6) is 0. The monoisotopic (exact) mass is 202 g/mol. The van der Waals surface area contributed by atoms with Crippen LogP contribution in [0.25, 0.3) is 0 Å². The molecule has 0 bridgehead atoms. The van der Waals surface area contributed by atoms with E-state index in [0.717, 1.165) is 0 Å². The van der Waals surface area contributed by atoms with Gasteiger partial charge in [-0.3, -0.25) is 0 Å². The van der Waals surface area contributed by atoms with E-state index in [9.17, 15) is 0 Å². The Balaban J connectivity index is 0. The van der Waals surface area contributed by atoms with E-state index in [4.69, 9.17) is 6.67 Å². The van der Waals surface area contributed by atoms with Gasteiger partial charge in [0.15, 0.2) is 0 Å². The van der Waals surface area contributed by atoms with E-state index in [1.54, 1.807) is 0 Å². The van der Waals surface area contributed by atoms with Gasteiger partial charge >= 0.3 is 39.7 Å². The van der Waals surface area contributed by atoms with E-state index in [1.807, 2.05) is 6.79 Å². The van der Waals surface area contributed by atoms with Crippen LogP contribution in [0.5, 0.6) is 0 Å². The topological polar surface area (TPSA) is 51.2 Å². The summed E-state index contributed by atoms with van der Waals surface area (Å²) < 4.78 is 17.1. The fourth-order valence-corrected chi connectivity index (χ4v) is 0. The molecular weight excluding hydrogens is 200 g/mol. The second-order valence-corrected chi connectivity index (χ2v) is 0.607. The molecule has 0 rings (SSSR count). The molecule has 0 aliphatic carbocycles. The van der Waals surface area contributed by atoms with Crippen LogP contribution in [-0.2, 0) is 6.67 Å². The van der Waals surface area contributed by atoms with Crippen LogP contribution < -0.4 is 0 Å². The van der Waals surface area contributed by atoms with Crippen LogP contribution in [0.4, 0.5) is 0 Å². The second kappa shape index (κ2) is 22.8. The number of carbonyl (C=O) groups excluding carboxylic acids is 1. The summed E-state index contributed by atoms with van der Waals surface area (Å²) in [6, 6.07) is 0. The summed E-state index contributed by atoms with van der Waals surface area (Å²) in [6.45, 7) is 2.00. The van der Waals surface area contributed by atoms with E-state index < -0.39 is 37.8 Å². The first-order valence-corrected chi connectivity index (χ1v) is 3.26. The van der Waals surface area contributed by atoms with Gasteiger partial charge in [0.05, 0.1) is 0 Å². The van der Waals surface area contributed by atoms with Crippen molar-refractivity contribution in [3.63, 3.8) is 0 Å². The Morgan fingerprint density at radius 2 is 1.20 bits per heavy atom. The van der Waals surface area contributed by atoms with Crippen molar-refractivity contribution < 1.29 is 44.5 Å². The number of rotatable bonds is 0. The Morgan fingerprint density at radius 1 is 1.20 bits per heavy atom. The van der Waals surface area contributed by atoms with Gasteiger partial charge in [-0.25, -0.2) is 0 Å². The molecule has 0 fully saturated rings. The zero-order valence-corrected chi connectivity index (χ0v) is 5.57. The molecule has 0 unspecified atom stereocenters. The molecule has 0 aliphatic heterocycles. The second-order valence-electron chi connectivity index (χ2n) is 0.0833. The van der Waals surface area contributed by atoms with Crippen LogP contribution in [0.15, 0.2) is 0 Å². The summed E-state index contributed by atoms with van der Waals surface area (Å²) in [7, 11) is 0. The first kappa shape index (κ1) is 9.17. The molecule has 0 atom stereocenters. The number of carbonyl (C=O) groups is 1. The average Bonchev–Trinajstić information content (AvgIpc) is 1.46. The average molecular weight is 202 g/mol. The van der Waals surface area contributed by atoms with Crippen molar-refractivity contribution in [1.82, 2.24) is 0 Å². The molecule has 0 aromatic rings. The molecule has 0 saturated carbocycles. The Bertz CT molecular complexity index is 36.2.